The van der Waals surface area contributed by atoms with Gasteiger partial charge in [0.25, 0.3) is 0 Å². The minimum absolute atomic E-state index is 0.0482. The van der Waals surface area contributed by atoms with Crippen molar-refractivity contribution in [1.82, 2.24) is 5.32 Å². The summed E-state index contributed by atoms with van der Waals surface area (Å²) in [5.74, 6) is 2.10. The summed E-state index contributed by atoms with van der Waals surface area (Å²) in [6, 6.07) is 4.11. The molecule has 1 atom stereocenters. The summed E-state index contributed by atoms with van der Waals surface area (Å²) in [5.41, 5.74) is 2.28. The lowest BCUT2D eigenvalue weighted by Crippen LogP contribution is -2.33. The van der Waals surface area contributed by atoms with Crippen molar-refractivity contribution in [2.45, 2.75) is 25.9 Å². The Labute approximate surface area is 115 Å². The highest BCUT2D eigenvalue weighted by molar-refractivity contribution is 5.49. The highest BCUT2D eigenvalue weighted by atomic mass is 16.5. The first-order valence-corrected chi connectivity index (χ1v) is 6.75. The quantitative estimate of drug-likeness (QED) is 0.908. The molecule has 1 N–H and O–H groups in total. The van der Waals surface area contributed by atoms with E-state index < -0.39 is 0 Å². The van der Waals surface area contributed by atoms with Crippen LogP contribution in [0.25, 0.3) is 0 Å². The fourth-order valence-corrected chi connectivity index (χ4v) is 2.42. The molecule has 2 rings (SSSR count). The van der Waals surface area contributed by atoms with E-state index in [1.807, 2.05) is 6.07 Å². The number of morpholine rings is 1. The average Bonchev–Trinajstić information content (AvgIpc) is 2.46. The van der Waals surface area contributed by atoms with Crippen LogP contribution in [0.1, 0.15) is 37.0 Å². The Morgan fingerprint density at radius 2 is 1.95 bits per heavy atom. The van der Waals surface area contributed by atoms with Crippen LogP contribution in [0.4, 0.5) is 0 Å². The van der Waals surface area contributed by atoms with Gasteiger partial charge >= 0.3 is 0 Å². The van der Waals surface area contributed by atoms with Crippen molar-refractivity contribution < 1.29 is 14.2 Å². The molecule has 1 fully saturated rings. The number of hydrogen-bond acceptors (Lipinski definition) is 4. The zero-order chi connectivity index (χ0) is 13.8. The molecule has 1 saturated heterocycles. The number of ether oxygens (including phenoxy) is 3. The second kappa shape index (κ2) is 6.26. The van der Waals surface area contributed by atoms with Crippen molar-refractivity contribution in [3.63, 3.8) is 0 Å². The zero-order valence-electron chi connectivity index (χ0n) is 12.2. The summed E-state index contributed by atoms with van der Waals surface area (Å²) in [5, 5.41) is 3.35. The summed E-state index contributed by atoms with van der Waals surface area (Å²) in [6.07, 6.45) is 0.0482. The van der Waals surface area contributed by atoms with Crippen LogP contribution in [0, 0.1) is 0 Å². The molecule has 0 saturated carbocycles. The molecule has 0 bridgehead atoms. The van der Waals surface area contributed by atoms with E-state index in [0.29, 0.717) is 5.92 Å². The SMILES string of the molecule is COc1cc(OC)c(C2CNCCO2)cc1C(C)C. The predicted molar refractivity (Wildman–Crippen MR) is 75.2 cm³/mol. The van der Waals surface area contributed by atoms with Crippen molar-refractivity contribution in [3.05, 3.63) is 23.3 Å². The first kappa shape index (κ1) is 14.2. The molecule has 0 aromatic heterocycles. The van der Waals surface area contributed by atoms with Gasteiger partial charge in [-0.2, -0.15) is 0 Å². The third kappa shape index (κ3) is 3.01. The molecule has 1 aliphatic rings. The molecule has 1 unspecified atom stereocenters. The Hall–Kier alpha value is -1.26. The number of benzene rings is 1. The van der Waals surface area contributed by atoms with Crippen LogP contribution in [-0.2, 0) is 4.74 Å². The summed E-state index contributed by atoms with van der Waals surface area (Å²) in [6.45, 7) is 6.78. The summed E-state index contributed by atoms with van der Waals surface area (Å²) < 4.78 is 16.8. The van der Waals surface area contributed by atoms with Gasteiger partial charge in [-0.15, -0.1) is 0 Å². The van der Waals surface area contributed by atoms with Gasteiger partial charge in [0, 0.05) is 24.7 Å². The molecular weight excluding hydrogens is 242 g/mol. The topological polar surface area (TPSA) is 39.7 Å². The first-order chi connectivity index (χ1) is 9.17. The predicted octanol–water partition coefficient (Wildman–Crippen LogP) is 2.49. The van der Waals surface area contributed by atoms with E-state index in [1.54, 1.807) is 14.2 Å². The van der Waals surface area contributed by atoms with Gasteiger partial charge in [0.15, 0.2) is 0 Å². The van der Waals surface area contributed by atoms with Crippen molar-refractivity contribution in [3.8, 4) is 11.5 Å². The number of methoxy groups -OCH3 is 2. The van der Waals surface area contributed by atoms with E-state index in [-0.39, 0.29) is 6.10 Å². The smallest absolute Gasteiger partial charge is 0.128 e. The van der Waals surface area contributed by atoms with Crippen LogP contribution < -0.4 is 14.8 Å². The monoisotopic (exact) mass is 265 g/mol. The highest BCUT2D eigenvalue weighted by Gasteiger charge is 2.22. The molecule has 0 amide bonds. The minimum Gasteiger partial charge on any atom is -0.496 e. The Balaban J connectivity index is 2.42. The van der Waals surface area contributed by atoms with Gasteiger partial charge in [-0.05, 0) is 17.5 Å². The van der Waals surface area contributed by atoms with Gasteiger partial charge < -0.3 is 19.5 Å². The average molecular weight is 265 g/mol. The maximum Gasteiger partial charge on any atom is 0.128 e. The molecule has 1 aromatic rings. The molecule has 106 valence electrons. The zero-order valence-corrected chi connectivity index (χ0v) is 12.2. The molecule has 0 radical (unpaired) electrons. The van der Waals surface area contributed by atoms with E-state index in [2.05, 4.69) is 25.2 Å². The third-order valence-corrected chi connectivity index (χ3v) is 3.48. The maximum absolute atomic E-state index is 5.83. The van der Waals surface area contributed by atoms with E-state index in [1.165, 1.54) is 5.56 Å². The minimum atomic E-state index is 0.0482. The molecule has 0 spiro atoms. The second-order valence-corrected chi connectivity index (χ2v) is 5.05. The van der Waals surface area contributed by atoms with Gasteiger partial charge in [-0.25, -0.2) is 0 Å². The molecule has 4 nitrogen and oxygen atoms in total. The Bertz CT molecular complexity index is 426. The van der Waals surface area contributed by atoms with Crippen molar-refractivity contribution >= 4 is 0 Å². The molecular formula is C15H23NO3. The fraction of sp³-hybridized carbons (Fsp3) is 0.600. The largest absolute Gasteiger partial charge is 0.496 e. The molecule has 19 heavy (non-hydrogen) atoms. The van der Waals surface area contributed by atoms with Crippen LogP contribution in [0.15, 0.2) is 12.1 Å². The Morgan fingerprint density at radius 3 is 2.47 bits per heavy atom. The van der Waals surface area contributed by atoms with E-state index in [4.69, 9.17) is 14.2 Å². The number of hydrogen-bond donors (Lipinski definition) is 1. The van der Waals surface area contributed by atoms with Crippen molar-refractivity contribution in [1.29, 1.82) is 0 Å². The van der Waals surface area contributed by atoms with Crippen LogP contribution in [0.5, 0.6) is 11.5 Å². The third-order valence-electron chi connectivity index (χ3n) is 3.48. The molecule has 0 aliphatic carbocycles. The lowest BCUT2D eigenvalue weighted by atomic mass is 9.96. The highest BCUT2D eigenvalue weighted by Crippen LogP contribution is 2.37. The van der Waals surface area contributed by atoms with Crippen LogP contribution >= 0.6 is 0 Å². The lowest BCUT2D eigenvalue weighted by Gasteiger charge is -2.27. The first-order valence-electron chi connectivity index (χ1n) is 6.75. The number of nitrogens with one attached hydrogen (secondary N) is 1. The van der Waals surface area contributed by atoms with Crippen LogP contribution in [-0.4, -0.2) is 33.9 Å². The molecule has 1 heterocycles. The Kier molecular flexibility index (Phi) is 4.66. The molecule has 1 aliphatic heterocycles. The standard InChI is InChI=1S/C15H23NO3/c1-10(2)11-7-12(15-9-16-5-6-19-15)14(18-4)8-13(11)17-3/h7-8,10,15-16H,5-6,9H2,1-4H3. The van der Waals surface area contributed by atoms with Crippen LogP contribution in [0.2, 0.25) is 0 Å². The normalized spacial score (nSPS) is 19.5. The van der Waals surface area contributed by atoms with Gasteiger partial charge in [0.05, 0.1) is 26.9 Å². The van der Waals surface area contributed by atoms with Crippen LogP contribution in [0.3, 0.4) is 0 Å². The van der Waals surface area contributed by atoms with Crippen molar-refractivity contribution in [2.75, 3.05) is 33.9 Å². The van der Waals surface area contributed by atoms with Crippen molar-refractivity contribution in [2.24, 2.45) is 0 Å². The van der Waals surface area contributed by atoms with Gasteiger partial charge in [0.1, 0.15) is 11.5 Å². The van der Waals surface area contributed by atoms with Gasteiger partial charge in [-0.1, -0.05) is 13.8 Å². The second-order valence-electron chi connectivity index (χ2n) is 5.05. The van der Waals surface area contributed by atoms with E-state index in [0.717, 1.165) is 36.8 Å². The summed E-state index contributed by atoms with van der Waals surface area (Å²) >= 11 is 0. The molecule has 4 heteroatoms. The van der Waals surface area contributed by atoms with Gasteiger partial charge in [0.2, 0.25) is 0 Å². The lowest BCUT2D eigenvalue weighted by molar-refractivity contribution is 0.0262. The summed E-state index contributed by atoms with van der Waals surface area (Å²) in [7, 11) is 3.38. The van der Waals surface area contributed by atoms with E-state index >= 15 is 0 Å². The molecule has 1 aromatic carbocycles. The Morgan fingerprint density at radius 1 is 1.21 bits per heavy atom. The number of rotatable bonds is 4. The maximum atomic E-state index is 5.83. The summed E-state index contributed by atoms with van der Waals surface area (Å²) in [4.78, 5) is 0. The fourth-order valence-electron chi connectivity index (χ4n) is 2.42. The van der Waals surface area contributed by atoms with E-state index in [9.17, 15) is 0 Å². The van der Waals surface area contributed by atoms with Gasteiger partial charge in [-0.3, -0.25) is 0 Å².